The summed E-state index contributed by atoms with van der Waals surface area (Å²) in [5, 5.41) is 3.13. The fourth-order valence-electron chi connectivity index (χ4n) is 2.25. The fraction of sp³-hybridized carbons (Fsp3) is 0.375. The van der Waals surface area contributed by atoms with Crippen molar-refractivity contribution in [1.82, 2.24) is 34.5 Å². The van der Waals surface area contributed by atoms with E-state index in [-0.39, 0.29) is 11.3 Å². The Labute approximate surface area is 154 Å². The molecule has 0 saturated heterocycles. The molecule has 0 spiro atoms. The summed E-state index contributed by atoms with van der Waals surface area (Å²) >= 11 is 6.01. The van der Waals surface area contributed by atoms with Gasteiger partial charge in [0, 0.05) is 12.2 Å². The van der Waals surface area contributed by atoms with Gasteiger partial charge in [-0.25, -0.2) is 24.3 Å². The molecule has 0 aliphatic carbocycles. The summed E-state index contributed by atoms with van der Waals surface area (Å²) in [6.07, 6.45) is 6.37. The van der Waals surface area contributed by atoms with Crippen LogP contribution in [0.4, 0.5) is 10.3 Å². The van der Waals surface area contributed by atoms with Crippen molar-refractivity contribution in [2.45, 2.75) is 39.3 Å². The summed E-state index contributed by atoms with van der Waals surface area (Å²) in [5.41, 5.74) is 0.835. The first kappa shape index (κ1) is 18.1. The smallest absolute Gasteiger partial charge is 0.227 e. The van der Waals surface area contributed by atoms with Gasteiger partial charge in [-0.3, -0.25) is 0 Å². The Kier molecular flexibility index (Phi) is 5.36. The molecule has 3 rings (SSSR count). The Bertz CT molecular complexity index is 880. The van der Waals surface area contributed by atoms with Crippen LogP contribution in [0.25, 0.3) is 0 Å². The summed E-state index contributed by atoms with van der Waals surface area (Å²) < 4.78 is 14.9. The van der Waals surface area contributed by atoms with Crippen molar-refractivity contribution in [3.63, 3.8) is 0 Å². The molecule has 3 aromatic rings. The Morgan fingerprint density at radius 3 is 2.50 bits per heavy atom. The van der Waals surface area contributed by atoms with Gasteiger partial charge < -0.3 is 9.88 Å². The second-order valence-electron chi connectivity index (χ2n) is 6.05. The van der Waals surface area contributed by atoms with Crippen LogP contribution in [0.5, 0.6) is 0 Å². The highest BCUT2D eigenvalue weighted by Gasteiger charge is 2.13. The normalized spacial score (nSPS) is 12.4. The predicted molar refractivity (Wildman–Crippen MR) is 94.3 cm³/mol. The number of halogens is 2. The zero-order valence-electron chi connectivity index (χ0n) is 14.6. The van der Waals surface area contributed by atoms with E-state index in [1.807, 2.05) is 17.7 Å². The van der Waals surface area contributed by atoms with Gasteiger partial charge in [0.15, 0.2) is 5.82 Å². The highest BCUT2D eigenvalue weighted by atomic mass is 35.5. The lowest BCUT2D eigenvalue weighted by Crippen LogP contribution is -2.14. The van der Waals surface area contributed by atoms with Crippen molar-refractivity contribution in [3.8, 4) is 0 Å². The van der Waals surface area contributed by atoms with Crippen LogP contribution in [0.1, 0.15) is 50.2 Å². The number of aromatic nitrogens is 7. The Hall–Kier alpha value is -2.68. The minimum atomic E-state index is -0.493. The molecule has 3 heterocycles. The lowest BCUT2D eigenvalue weighted by molar-refractivity contribution is 0.599. The van der Waals surface area contributed by atoms with E-state index in [9.17, 15) is 4.39 Å². The molecule has 0 unspecified atom stereocenters. The molecule has 1 atom stereocenters. The number of anilines is 1. The second-order valence-corrected chi connectivity index (χ2v) is 6.39. The average molecular weight is 377 g/mol. The van der Waals surface area contributed by atoms with Crippen molar-refractivity contribution in [1.29, 1.82) is 0 Å². The fourth-order valence-corrected chi connectivity index (χ4v) is 2.43. The first-order chi connectivity index (χ1) is 12.4. The van der Waals surface area contributed by atoms with Crippen molar-refractivity contribution < 1.29 is 4.39 Å². The zero-order valence-corrected chi connectivity index (χ0v) is 15.3. The minimum absolute atomic E-state index is 0.0769. The quantitative estimate of drug-likeness (QED) is 0.706. The molecule has 0 saturated carbocycles. The van der Waals surface area contributed by atoms with E-state index in [1.54, 1.807) is 6.33 Å². The SMILES string of the molecule is CC(C)n1cnc(Cc2nc(Cl)nc(N[C@@H](C)c3ncc(F)cn3)n2)c1. The molecular formula is C16H18ClFN8. The van der Waals surface area contributed by atoms with Crippen molar-refractivity contribution in [2.24, 2.45) is 0 Å². The molecule has 3 aromatic heterocycles. The van der Waals surface area contributed by atoms with Gasteiger partial charge in [-0.15, -0.1) is 0 Å². The molecule has 10 heteroatoms. The van der Waals surface area contributed by atoms with Crippen LogP contribution in [0, 0.1) is 5.82 Å². The third kappa shape index (κ3) is 4.48. The van der Waals surface area contributed by atoms with Crippen LogP contribution in [-0.2, 0) is 6.42 Å². The van der Waals surface area contributed by atoms with Gasteiger partial charge in [-0.2, -0.15) is 9.97 Å². The molecule has 0 radical (unpaired) electrons. The summed E-state index contributed by atoms with van der Waals surface area (Å²) in [7, 11) is 0. The standard InChI is InChI=1S/C16H18ClFN8/c1-9(2)26-7-12(21-8-26)4-13-23-15(17)25-16(24-13)22-10(3)14-19-5-11(18)6-20-14/h5-10H,4H2,1-3H3,(H,22,23,24,25)/t10-/m0/s1. The number of hydrogen-bond donors (Lipinski definition) is 1. The maximum Gasteiger partial charge on any atom is 0.227 e. The van der Waals surface area contributed by atoms with Crippen molar-refractivity contribution in [2.75, 3.05) is 5.32 Å². The molecule has 136 valence electrons. The summed E-state index contributed by atoms with van der Waals surface area (Å²) in [6.45, 7) is 5.97. The van der Waals surface area contributed by atoms with Gasteiger partial charge in [0.2, 0.25) is 11.2 Å². The average Bonchev–Trinajstić information content (AvgIpc) is 3.03. The van der Waals surface area contributed by atoms with Crippen LogP contribution in [0.15, 0.2) is 24.9 Å². The van der Waals surface area contributed by atoms with Crippen LogP contribution in [-0.4, -0.2) is 34.5 Å². The van der Waals surface area contributed by atoms with E-state index < -0.39 is 5.82 Å². The molecule has 0 aromatic carbocycles. The molecule has 0 aliphatic heterocycles. The summed E-state index contributed by atoms with van der Waals surface area (Å²) in [5.74, 6) is 0.713. The third-order valence-corrected chi connectivity index (χ3v) is 3.79. The highest BCUT2D eigenvalue weighted by Crippen LogP contribution is 2.16. The Morgan fingerprint density at radius 1 is 1.12 bits per heavy atom. The van der Waals surface area contributed by atoms with E-state index in [0.717, 1.165) is 18.1 Å². The molecule has 8 nitrogen and oxygen atoms in total. The first-order valence-corrected chi connectivity index (χ1v) is 8.45. The second kappa shape index (κ2) is 7.69. The molecule has 0 amide bonds. The van der Waals surface area contributed by atoms with Crippen LogP contribution >= 0.6 is 11.6 Å². The molecule has 0 bridgehead atoms. The van der Waals surface area contributed by atoms with Gasteiger partial charge >= 0.3 is 0 Å². The van der Waals surface area contributed by atoms with Crippen LogP contribution in [0.2, 0.25) is 5.28 Å². The van der Waals surface area contributed by atoms with Gasteiger partial charge in [0.25, 0.3) is 0 Å². The summed E-state index contributed by atoms with van der Waals surface area (Å²) in [4.78, 5) is 24.8. The topological polar surface area (TPSA) is 94.3 Å². The molecule has 0 fully saturated rings. The molecule has 26 heavy (non-hydrogen) atoms. The number of nitrogens with zero attached hydrogens (tertiary/aromatic N) is 7. The maximum atomic E-state index is 12.9. The molecular weight excluding hydrogens is 359 g/mol. The van der Waals surface area contributed by atoms with E-state index in [2.05, 4.69) is 49.1 Å². The largest absolute Gasteiger partial charge is 0.344 e. The van der Waals surface area contributed by atoms with Crippen LogP contribution < -0.4 is 5.32 Å². The summed E-state index contributed by atoms with van der Waals surface area (Å²) in [6, 6.07) is -0.00551. The minimum Gasteiger partial charge on any atom is -0.344 e. The van der Waals surface area contributed by atoms with Crippen molar-refractivity contribution in [3.05, 3.63) is 53.4 Å². The zero-order chi connectivity index (χ0) is 18.7. The maximum absolute atomic E-state index is 12.9. The number of rotatable bonds is 6. The van der Waals surface area contributed by atoms with E-state index in [4.69, 9.17) is 11.6 Å². The lowest BCUT2D eigenvalue weighted by Gasteiger charge is -2.12. The lowest BCUT2D eigenvalue weighted by atomic mass is 10.3. The molecule has 1 N–H and O–H groups in total. The Morgan fingerprint density at radius 2 is 1.85 bits per heavy atom. The molecule has 0 aliphatic rings. The number of hydrogen-bond acceptors (Lipinski definition) is 7. The van der Waals surface area contributed by atoms with Gasteiger partial charge in [-0.05, 0) is 32.4 Å². The third-order valence-electron chi connectivity index (χ3n) is 3.62. The van der Waals surface area contributed by atoms with Gasteiger partial charge in [0.05, 0.1) is 36.9 Å². The van der Waals surface area contributed by atoms with Gasteiger partial charge in [0.1, 0.15) is 11.6 Å². The monoisotopic (exact) mass is 376 g/mol. The van der Waals surface area contributed by atoms with E-state index >= 15 is 0 Å². The first-order valence-electron chi connectivity index (χ1n) is 8.07. The Balaban J connectivity index is 1.75. The number of nitrogens with one attached hydrogen (secondary N) is 1. The highest BCUT2D eigenvalue weighted by molar-refractivity contribution is 6.28. The van der Waals surface area contributed by atoms with E-state index in [0.29, 0.717) is 30.1 Å². The van der Waals surface area contributed by atoms with Crippen LogP contribution in [0.3, 0.4) is 0 Å². The van der Waals surface area contributed by atoms with E-state index in [1.165, 1.54) is 0 Å². The van der Waals surface area contributed by atoms with Crippen molar-refractivity contribution >= 4 is 17.5 Å². The van der Waals surface area contributed by atoms with Gasteiger partial charge in [-0.1, -0.05) is 0 Å². The number of imidazole rings is 1. The predicted octanol–water partition coefficient (Wildman–Crippen LogP) is 3.00.